The molecule has 0 saturated carbocycles. The first-order chi connectivity index (χ1) is 12.6. The van der Waals surface area contributed by atoms with Crippen molar-refractivity contribution >= 4 is 33.1 Å². The van der Waals surface area contributed by atoms with Crippen molar-refractivity contribution in [2.75, 3.05) is 4.72 Å². The highest BCUT2D eigenvalue weighted by molar-refractivity contribution is 7.92. The first-order valence-electron chi connectivity index (χ1n) is 8.18. The molecule has 4 nitrogen and oxygen atoms in total. The van der Waals surface area contributed by atoms with E-state index in [2.05, 4.69) is 4.72 Å². The second-order valence-corrected chi connectivity index (χ2v) is 9.46. The number of halogens is 4. The highest BCUT2D eigenvalue weighted by Crippen LogP contribution is 2.33. The van der Waals surface area contributed by atoms with E-state index in [1.807, 2.05) is 20.8 Å². The summed E-state index contributed by atoms with van der Waals surface area (Å²) < 4.78 is 66.7. The van der Waals surface area contributed by atoms with E-state index in [4.69, 9.17) is 11.6 Å². The monoisotopic (exact) mass is 433 g/mol. The molecule has 2 aromatic rings. The van der Waals surface area contributed by atoms with Gasteiger partial charge in [-0.3, -0.25) is 9.52 Å². The zero-order valence-electron chi connectivity index (χ0n) is 15.6. The highest BCUT2D eigenvalue weighted by atomic mass is 35.5. The van der Waals surface area contributed by atoms with Crippen molar-refractivity contribution < 1.29 is 26.4 Å². The van der Waals surface area contributed by atoms with E-state index in [0.29, 0.717) is 5.56 Å². The molecule has 0 atom stereocenters. The second-order valence-electron chi connectivity index (χ2n) is 7.37. The van der Waals surface area contributed by atoms with Crippen molar-refractivity contribution in [3.05, 3.63) is 58.1 Å². The van der Waals surface area contributed by atoms with Gasteiger partial charge in [0.2, 0.25) is 0 Å². The molecule has 0 aromatic heterocycles. The van der Waals surface area contributed by atoms with Gasteiger partial charge >= 0.3 is 6.18 Å². The van der Waals surface area contributed by atoms with Crippen LogP contribution in [0.25, 0.3) is 0 Å². The molecule has 1 N–H and O–H groups in total. The minimum Gasteiger partial charge on any atom is -0.284 e. The smallest absolute Gasteiger partial charge is 0.284 e. The average Bonchev–Trinajstić information content (AvgIpc) is 2.53. The Morgan fingerprint density at radius 3 is 2.18 bits per heavy atom. The minimum atomic E-state index is -5.18. The topological polar surface area (TPSA) is 63.2 Å². The Bertz CT molecular complexity index is 1030. The predicted octanol–water partition coefficient (Wildman–Crippen LogP) is 5.49. The lowest BCUT2D eigenvalue weighted by atomic mass is 9.86. The molecule has 152 valence electrons. The molecule has 0 aliphatic rings. The van der Waals surface area contributed by atoms with E-state index in [1.165, 1.54) is 12.1 Å². The lowest BCUT2D eigenvalue weighted by Gasteiger charge is -2.24. The first kappa shape index (κ1) is 22.2. The van der Waals surface area contributed by atoms with Gasteiger partial charge in [0, 0.05) is 5.02 Å². The molecule has 0 aliphatic heterocycles. The molecule has 0 radical (unpaired) electrons. The van der Waals surface area contributed by atoms with Crippen LogP contribution in [0.1, 0.15) is 42.3 Å². The number of ketones is 1. The Labute approximate surface area is 166 Å². The van der Waals surface area contributed by atoms with Gasteiger partial charge < -0.3 is 0 Å². The van der Waals surface area contributed by atoms with Crippen LogP contribution in [0.5, 0.6) is 0 Å². The Hall–Kier alpha value is -2.06. The van der Waals surface area contributed by atoms with Crippen LogP contribution >= 0.6 is 11.6 Å². The molecule has 0 unspecified atom stereocenters. The summed E-state index contributed by atoms with van der Waals surface area (Å²) >= 11 is 5.70. The van der Waals surface area contributed by atoms with Crippen LogP contribution in [-0.4, -0.2) is 20.4 Å². The zero-order chi connectivity index (χ0) is 21.5. The molecule has 2 aromatic carbocycles. The van der Waals surface area contributed by atoms with Crippen molar-refractivity contribution in [1.29, 1.82) is 0 Å². The summed E-state index contributed by atoms with van der Waals surface area (Å²) in [6, 6.07) is 7.70. The van der Waals surface area contributed by atoms with Crippen molar-refractivity contribution in [1.82, 2.24) is 0 Å². The lowest BCUT2D eigenvalue weighted by molar-refractivity contribution is -0.0884. The number of benzene rings is 2. The van der Waals surface area contributed by atoms with Gasteiger partial charge in [0.1, 0.15) is 0 Å². The maximum absolute atomic E-state index is 13.0. The van der Waals surface area contributed by atoms with Crippen molar-refractivity contribution in [3.63, 3.8) is 0 Å². The number of carbonyl (C=O) groups excluding carboxylic acids is 1. The largest absolute Gasteiger partial charge is 0.454 e. The fraction of sp³-hybridized carbons (Fsp3) is 0.316. The van der Waals surface area contributed by atoms with Crippen LogP contribution in [-0.2, 0) is 15.4 Å². The van der Waals surface area contributed by atoms with Crippen LogP contribution in [0.3, 0.4) is 0 Å². The van der Waals surface area contributed by atoms with Crippen LogP contribution < -0.4 is 4.72 Å². The van der Waals surface area contributed by atoms with Gasteiger partial charge in [0.15, 0.2) is 0 Å². The number of Topliss-reactive ketones (excluding diaryl/α,β-unsaturated/α-hetero) is 1. The van der Waals surface area contributed by atoms with E-state index in [-0.39, 0.29) is 9.92 Å². The SMILES string of the molecule is Cc1ccc(S(=O)(=O)Nc2ccc(Cl)cc2C(=O)C(F)(F)F)c(C(C)(C)C)c1. The molecule has 0 heterocycles. The van der Waals surface area contributed by atoms with Gasteiger partial charge in [-0.1, -0.05) is 50.1 Å². The van der Waals surface area contributed by atoms with Gasteiger partial charge in [-0.2, -0.15) is 13.2 Å². The number of alkyl halides is 3. The van der Waals surface area contributed by atoms with Gasteiger partial charge in [-0.15, -0.1) is 0 Å². The molecule has 0 bridgehead atoms. The molecule has 0 saturated heterocycles. The summed E-state index contributed by atoms with van der Waals surface area (Å²) in [7, 11) is -4.27. The van der Waals surface area contributed by atoms with Crippen LogP contribution in [0.4, 0.5) is 18.9 Å². The quantitative estimate of drug-likeness (QED) is 0.648. The summed E-state index contributed by atoms with van der Waals surface area (Å²) in [6.07, 6.45) is -5.18. The summed E-state index contributed by atoms with van der Waals surface area (Å²) in [6.45, 7) is 7.27. The first-order valence-corrected chi connectivity index (χ1v) is 10.0. The normalized spacial score (nSPS) is 12.7. The zero-order valence-corrected chi connectivity index (χ0v) is 17.2. The van der Waals surface area contributed by atoms with E-state index < -0.39 is 38.6 Å². The molecule has 0 amide bonds. The van der Waals surface area contributed by atoms with Gasteiger partial charge in [0.05, 0.1) is 16.1 Å². The maximum atomic E-state index is 13.0. The second kappa shape index (κ2) is 7.40. The Kier molecular flexibility index (Phi) is 5.88. The van der Waals surface area contributed by atoms with Gasteiger partial charge in [-0.25, -0.2) is 8.42 Å². The van der Waals surface area contributed by atoms with Crippen molar-refractivity contribution in [3.8, 4) is 0 Å². The number of nitrogens with one attached hydrogen (secondary N) is 1. The predicted molar refractivity (Wildman–Crippen MR) is 103 cm³/mol. The van der Waals surface area contributed by atoms with Crippen LogP contribution in [0.15, 0.2) is 41.3 Å². The summed E-state index contributed by atoms with van der Waals surface area (Å²) in [5.41, 5.74) is -0.568. The van der Waals surface area contributed by atoms with E-state index >= 15 is 0 Å². The van der Waals surface area contributed by atoms with E-state index in [1.54, 1.807) is 19.1 Å². The molecular weight excluding hydrogens is 415 g/mol. The Morgan fingerprint density at radius 1 is 1.04 bits per heavy atom. The standard InChI is InChI=1S/C19H19ClF3NO3S/c1-11-5-8-16(14(9-11)18(2,3)4)28(26,27)24-15-7-6-12(20)10-13(15)17(25)19(21,22)23/h5-10,24H,1-4H3. The van der Waals surface area contributed by atoms with E-state index in [0.717, 1.165) is 17.7 Å². The van der Waals surface area contributed by atoms with Crippen molar-refractivity contribution in [2.45, 2.75) is 44.2 Å². The van der Waals surface area contributed by atoms with Crippen molar-refractivity contribution in [2.24, 2.45) is 0 Å². The minimum absolute atomic E-state index is 0.0778. The van der Waals surface area contributed by atoms with Gasteiger partial charge in [0.25, 0.3) is 15.8 Å². The third-order valence-corrected chi connectivity index (χ3v) is 5.62. The van der Waals surface area contributed by atoms with Crippen LogP contribution in [0.2, 0.25) is 5.02 Å². The highest BCUT2D eigenvalue weighted by Gasteiger charge is 2.41. The molecule has 2 rings (SSSR count). The number of sulfonamides is 1. The molecule has 28 heavy (non-hydrogen) atoms. The Morgan fingerprint density at radius 2 is 1.64 bits per heavy atom. The molecular formula is C19H19ClF3NO3S. The third kappa shape index (κ3) is 4.86. The molecule has 0 spiro atoms. The Balaban J connectivity index is 2.60. The number of hydrogen-bond donors (Lipinski definition) is 1. The van der Waals surface area contributed by atoms with Gasteiger partial charge in [-0.05, 0) is 42.2 Å². The van der Waals surface area contributed by atoms with Crippen LogP contribution in [0, 0.1) is 6.92 Å². The summed E-state index contributed by atoms with van der Waals surface area (Å²) in [5, 5.41) is -0.124. The van der Waals surface area contributed by atoms with E-state index in [9.17, 15) is 26.4 Å². The number of carbonyl (C=O) groups is 1. The number of rotatable bonds is 4. The lowest BCUT2D eigenvalue weighted by Crippen LogP contribution is -2.26. The number of hydrogen-bond acceptors (Lipinski definition) is 3. The molecule has 0 fully saturated rings. The number of aryl methyl sites for hydroxylation is 1. The summed E-state index contributed by atoms with van der Waals surface area (Å²) in [4.78, 5) is 11.6. The third-order valence-electron chi connectivity index (χ3n) is 3.96. The average molecular weight is 434 g/mol. The number of anilines is 1. The fourth-order valence-electron chi connectivity index (χ4n) is 2.61. The summed E-state index contributed by atoms with van der Waals surface area (Å²) in [5.74, 6) is -2.19. The fourth-order valence-corrected chi connectivity index (χ4v) is 4.26. The molecule has 9 heteroatoms. The maximum Gasteiger partial charge on any atom is 0.454 e. The molecule has 0 aliphatic carbocycles.